The second-order valence-electron chi connectivity index (χ2n) is 8.31. The molecule has 5 nitrogen and oxygen atoms in total. The smallest absolute Gasteiger partial charge is 0.339 e. The Balaban J connectivity index is 1.46. The number of thiophene rings is 1. The molecule has 0 saturated carbocycles. The highest BCUT2D eigenvalue weighted by Crippen LogP contribution is 2.36. The summed E-state index contributed by atoms with van der Waals surface area (Å²) in [6, 6.07) is 19.2. The van der Waals surface area contributed by atoms with Gasteiger partial charge in [0.1, 0.15) is 0 Å². The van der Waals surface area contributed by atoms with Gasteiger partial charge >= 0.3 is 5.97 Å². The van der Waals surface area contributed by atoms with Gasteiger partial charge in [-0.15, -0.1) is 11.3 Å². The molecule has 1 aliphatic carbocycles. The van der Waals surface area contributed by atoms with Crippen molar-refractivity contribution in [3.63, 3.8) is 0 Å². The van der Waals surface area contributed by atoms with Crippen molar-refractivity contribution in [1.82, 2.24) is 4.98 Å². The van der Waals surface area contributed by atoms with E-state index in [0.29, 0.717) is 11.3 Å². The fourth-order valence-corrected chi connectivity index (χ4v) is 5.04. The van der Waals surface area contributed by atoms with Crippen molar-refractivity contribution in [1.29, 1.82) is 0 Å². The average Bonchev–Trinajstić information content (AvgIpc) is 3.36. The second-order valence-corrected chi connectivity index (χ2v) is 9.29. The Labute approximate surface area is 202 Å². The van der Waals surface area contributed by atoms with Gasteiger partial charge in [-0.05, 0) is 72.5 Å². The van der Waals surface area contributed by atoms with Crippen molar-refractivity contribution in [2.45, 2.75) is 26.2 Å². The van der Waals surface area contributed by atoms with Gasteiger partial charge in [0.15, 0.2) is 6.61 Å². The third-order valence-electron chi connectivity index (χ3n) is 5.99. The molecule has 1 amide bonds. The van der Waals surface area contributed by atoms with Gasteiger partial charge in [-0.25, -0.2) is 9.78 Å². The first-order chi connectivity index (χ1) is 16.6. The van der Waals surface area contributed by atoms with Crippen LogP contribution >= 0.6 is 11.3 Å². The Bertz CT molecular complexity index is 1410. The number of benzene rings is 2. The number of esters is 1. The molecule has 0 aliphatic heterocycles. The molecule has 4 aromatic rings. The van der Waals surface area contributed by atoms with Gasteiger partial charge < -0.3 is 10.1 Å². The zero-order valence-electron chi connectivity index (χ0n) is 18.8. The first-order valence-corrected chi connectivity index (χ1v) is 12.2. The number of hydrogen-bond donors (Lipinski definition) is 1. The lowest BCUT2D eigenvalue weighted by Gasteiger charge is -2.22. The van der Waals surface area contributed by atoms with E-state index in [1.165, 1.54) is 0 Å². The summed E-state index contributed by atoms with van der Waals surface area (Å²) in [5, 5.41) is 5.61. The predicted octanol–water partition coefficient (Wildman–Crippen LogP) is 6.28. The van der Waals surface area contributed by atoms with Gasteiger partial charge in [0.2, 0.25) is 0 Å². The summed E-state index contributed by atoms with van der Waals surface area (Å²) in [4.78, 5) is 31.9. The van der Waals surface area contributed by atoms with E-state index in [4.69, 9.17) is 9.72 Å². The zero-order chi connectivity index (χ0) is 23.5. The highest BCUT2D eigenvalue weighted by molar-refractivity contribution is 7.10. The van der Waals surface area contributed by atoms with Crippen LogP contribution in [-0.4, -0.2) is 23.5 Å². The van der Waals surface area contributed by atoms with E-state index < -0.39 is 5.97 Å². The number of para-hydroxylation sites is 2. The molecule has 6 heteroatoms. The van der Waals surface area contributed by atoms with Crippen LogP contribution in [0.2, 0.25) is 0 Å². The van der Waals surface area contributed by atoms with Crippen LogP contribution in [-0.2, 0) is 16.0 Å². The number of nitrogens with one attached hydrogen (secondary N) is 1. The topological polar surface area (TPSA) is 68.3 Å². The van der Waals surface area contributed by atoms with Gasteiger partial charge in [0.05, 0.1) is 16.8 Å². The quantitative estimate of drug-likeness (QED) is 0.350. The lowest BCUT2D eigenvalue weighted by Crippen LogP contribution is -2.23. The Kier molecular flexibility index (Phi) is 6.23. The Hall–Kier alpha value is -3.77. The summed E-state index contributed by atoms with van der Waals surface area (Å²) in [7, 11) is 0. The summed E-state index contributed by atoms with van der Waals surface area (Å²) in [6.07, 6.45) is 4.74. The Morgan fingerprint density at radius 2 is 1.88 bits per heavy atom. The highest BCUT2D eigenvalue weighted by atomic mass is 32.1. The number of hydrogen-bond acceptors (Lipinski definition) is 5. The summed E-state index contributed by atoms with van der Waals surface area (Å²) in [5.74, 6) is -0.861. The number of ether oxygens (including phenoxy) is 1. The van der Waals surface area contributed by atoms with Crippen LogP contribution in [0.5, 0.6) is 0 Å². The number of fused-ring (bicyclic) bond motifs is 2. The molecule has 0 atom stereocenters. The second kappa shape index (κ2) is 9.61. The normalized spacial score (nSPS) is 14.1. The van der Waals surface area contributed by atoms with Gasteiger partial charge in [-0.2, -0.15) is 0 Å². The van der Waals surface area contributed by atoms with E-state index in [1.54, 1.807) is 11.3 Å². The fourth-order valence-electron chi connectivity index (χ4n) is 4.36. The van der Waals surface area contributed by atoms with Crippen molar-refractivity contribution in [3.8, 4) is 0 Å². The van der Waals surface area contributed by atoms with E-state index in [9.17, 15) is 9.59 Å². The van der Waals surface area contributed by atoms with Crippen LogP contribution in [0.4, 0.5) is 5.69 Å². The molecule has 0 fully saturated rings. The maximum Gasteiger partial charge on any atom is 0.339 e. The molecule has 170 valence electrons. The molecule has 34 heavy (non-hydrogen) atoms. The number of anilines is 1. The van der Waals surface area contributed by atoms with Crippen LogP contribution < -0.4 is 5.32 Å². The zero-order valence-corrected chi connectivity index (χ0v) is 19.7. The van der Waals surface area contributed by atoms with Gasteiger partial charge in [-0.1, -0.05) is 42.5 Å². The summed E-state index contributed by atoms with van der Waals surface area (Å²) >= 11 is 1.68. The number of aryl methyl sites for hydroxylation is 1. The van der Waals surface area contributed by atoms with E-state index in [0.717, 1.165) is 57.4 Å². The molecular formula is C28H24N2O3S. The monoisotopic (exact) mass is 468 g/mol. The molecule has 1 N–H and O–H groups in total. The van der Waals surface area contributed by atoms with Crippen molar-refractivity contribution in [2.24, 2.45) is 0 Å². The minimum absolute atomic E-state index is 0.351. The summed E-state index contributed by atoms with van der Waals surface area (Å²) < 4.78 is 5.52. The van der Waals surface area contributed by atoms with Crippen LogP contribution in [0.25, 0.3) is 22.6 Å². The Morgan fingerprint density at radius 3 is 2.71 bits per heavy atom. The SMILES string of the molecule is Cc1ccccc1NC(=O)COC(=O)c1c2c(nc3ccccc13)/C(=C\c1cccs1)CCC2. The van der Waals surface area contributed by atoms with Crippen molar-refractivity contribution in [3.05, 3.63) is 93.3 Å². The number of carbonyl (C=O) groups excluding carboxylic acids is 2. The molecule has 5 rings (SSSR count). The van der Waals surface area contributed by atoms with E-state index in [-0.39, 0.29) is 12.5 Å². The molecule has 2 aromatic carbocycles. The van der Waals surface area contributed by atoms with E-state index in [1.807, 2.05) is 61.5 Å². The lowest BCUT2D eigenvalue weighted by atomic mass is 9.86. The molecule has 0 bridgehead atoms. The van der Waals surface area contributed by atoms with Crippen LogP contribution in [0.15, 0.2) is 66.0 Å². The van der Waals surface area contributed by atoms with Gasteiger partial charge in [0.25, 0.3) is 5.91 Å². The van der Waals surface area contributed by atoms with Gasteiger partial charge in [-0.3, -0.25) is 4.79 Å². The number of nitrogens with zero attached hydrogens (tertiary/aromatic N) is 1. The molecular weight excluding hydrogens is 444 g/mol. The molecule has 2 heterocycles. The molecule has 1 aliphatic rings. The van der Waals surface area contributed by atoms with Gasteiger partial charge in [0, 0.05) is 16.0 Å². The first-order valence-electron chi connectivity index (χ1n) is 11.3. The van der Waals surface area contributed by atoms with Crippen LogP contribution in [0.3, 0.4) is 0 Å². The highest BCUT2D eigenvalue weighted by Gasteiger charge is 2.26. The lowest BCUT2D eigenvalue weighted by molar-refractivity contribution is -0.119. The van der Waals surface area contributed by atoms with E-state index in [2.05, 4.69) is 22.8 Å². The molecule has 2 aromatic heterocycles. The molecule has 0 radical (unpaired) electrons. The minimum atomic E-state index is -0.493. The summed E-state index contributed by atoms with van der Waals surface area (Å²) in [5.41, 5.74) is 5.80. The minimum Gasteiger partial charge on any atom is -0.452 e. The van der Waals surface area contributed by atoms with Crippen molar-refractivity contribution >= 4 is 51.5 Å². The third-order valence-corrected chi connectivity index (χ3v) is 6.81. The van der Waals surface area contributed by atoms with E-state index >= 15 is 0 Å². The van der Waals surface area contributed by atoms with Crippen LogP contribution in [0.1, 0.15) is 44.9 Å². The first kappa shape index (κ1) is 22.0. The standard InChI is InChI=1S/C28H24N2O3S/c1-18-8-2-4-13-23(18)29-25(31)17-33-28(32)26-21-11-3-5-14-24(21)30-27-19(9-6-12-22(26)27)16-20-10-7-15-34-20/h2-5,7-8,10-11,13-16H,6,9,12,17H2,1H3,(H,29,31)/b19-16-. The molecule has 0 saturated heterocycles. The number of amides is 1. The number of aromatic nitrogens is 1. The molecule has 0 spiro atoms. The Morgan fingerprint density at radius 1 is 1.06 bits per heavy atom. The number of allylic oxidation sites excluding steroid dienone is 1. The molecule has 0 unspecified atom stereocenters. The maximum atomic E-state index is 13.3. The van der Waals surface area contributed by atoms with Crippen molar-refractivity contribution in [2.75, 3.05) is 11.9 Å². The largest absolute Gasteiger partial charge is 0.452 e. The maximum absolute atomic E-state index is 13.3. The number of pyridine rings is 1. The summed E-state index contributed by atoms with van der Waals surface area (Å²) in [6.45, 7) is 1.56. The number of rotatable bonds is 5. The van der Waals surface area contributed by atoms with Crippen molar-refractivity contribution < 1.29 is 14.3 Å². The number of carbonyl (C=O) groups is 2. The third kappa shape index (κ3) is 4.50. The predicted molar refractivity (Wildman–Crippen MR) is 137 cm³/mol. The average molecular weight is 469 g/mol. The van der Waals surface area contributed by atoms with Crippen LogP contribution in [0, 0.1) is 6.92 Å². The fraction of sp³-hybridized carbons (Fsp3) is 0.179.